The number of hydrogen-bond acceptors (Lipinski definition) is 4. The quantitative estimate of drug-likeness (QED) is 0.129. The van der Waals surface area contributed by atoms with Crippen LogP contribution in [-0.2, 0) is 32.0 Å². The van der Waals surface area contributed by atoms with Gasteiger partial charge in [-0.25, -0.2) is 14.8 Å². The second-order valence-corrected chi connectivity index (χ2v) is 9.47. The third kappa shape index (κ3) is 9.68. The van der Waals surface area contributed by atoms with Crippen LogP contribution in [0.3, 0.4) is 0 Å². The molecule has 0 fully saturated rings. The first kappa shape index (κ1) is 34.9. The summed E-state index contributed by atoms with van der Waals surface area (Å²) in [5.74, 6) is 1.00. The minimum absolute atomic E-state index is 0. The van der Waals surface area contributed by atoms with E-state index >= 15 is 0 Å². The van der Waals surface area contributed by atoms with Crippen molar-refractivity contribution in [2.45, 2.75) is 32.0 Å². The zero-order chi connectivity index (χ0) is 31.9. The van der Waals surface area contributed by atoms with E-state index in [2.05, 4.69) is 19.9 Å². The first-order valence-corrected chi connectivity index (χ1v) is 13.0. The predicted molar refractivity (Wildman–Crippen MR) is 160 cm³/mol. The molecule has 0 aliphatic heterocycles. The highest BCUT2D eigenvalue weighted by atomic mass is 79.9. The van der Waals surface area contributed by atoms with E-state index in [4.69, 9.17) is 5.73 Å². The maximum atomic E-state index is 12.6. The molecule has 8 nitrogen and oxygen atoms in total. The smallest absolute Gasteiger partial charge is 0.416 e. The maximum absolute atomic E-state index is 12.6. The van der Waals surface area contributed by atoms with E-state index in [0.29, 0.717) is 34.2 Å². The highest BCUT2D eigenvalue weighted by molar-refractivity contribution is 8.93. The zero-order valence-electron chi connectivity index (χ0n) is 23.2. The number of H-pyrrole nitrogens is 2. The topological polar surface area (TPSA) is 124 Å². The van der Waals surface area contributed by atoms with Crippen LogP contribution in [0.2, 0.25) is 0 Å². The number of nitrogens with zero attached hydrogens (tertiary/aromatic N) is 3. The number of amides is 1. The van der Waals surface area contributed by atoms with E-state index in [9.17, 15) is 36.2 Å². The Morgan fingerprint density at radius 3 is 1.56 bits per heavy atom. The summed E-state index contributed by atoms with van der Waals surface area (Å²) in [6, 6.07) is 18.7. The van der Waals surface area contributed by atoms with Crippen molar-refractivity contribution in [1.29, 1.82) is 0 Å². The monoisotopic (exact) mass is 696 g/mol. The lowest BCUT2D eigenvalue weighted by molar-refractivity contribution is -0.138. The van der Waals surface area contributed by atoms with Crippen molar-refractivity contribution >= 4 is 23.1 Å². The van der Waals surface area contributed by atoms with Gasteiger partial charge in [0.25, 0.3) is 0 Å². The van der Waals surface area contributed by atoms with Crippen LogP contribution in [0.1, 0.15) is 28.3 Å². The minimum atomic E-state index is -4.39. The van der Waals surface area contributed by atoms with E-state index in [1.807, 2.05) is 30.3 Å². The van der Waals surface area contributed by atoms with Gasteiger partial charge in [0.1, 0.15) is 11.6 Å². The lowest BCUT2D eigenvalue weighted by Gasteiger charge is -2.18. The number of carboxylic acid groups (broad SMARTS) is 1. The van der Waals surface area contributed by atoms with Crippen molar-refractivity contribution in [3.05, 3.63) is 120 Å². The first-order valence-electron chi connectivity index (χ1n) is 13.0. The van der Waals surface area contributed by atoms with Gasteiger partial charge >= 0.3 is 18.4 Å². The summed E-state index contributed by atoms with van der Waals surface area (Å²) < 4.78 is 75.0. The predicted octanol–water partition coefficient (Wildman–Crippen LogP) is 7.91. The van der Waals surface area contributed by atoms with Gasteiger partial charge in [0.15, 0.2) is 0 Å². The van der Waals surface area contributed by atoms with Crippen molar-refractivity contribution in [2.24, 2.45) is 5.73 Å². The molecule has 2 heterocycles. The van der Waals surface area contributed by atoms with Crippen molar-refractivity contribution in [2.75, 3.05) is 0 Å². The van der Waals surface area contributed by atoms with E-state index < -0.39 is 29.6 Å². The fourth-order valence-electron chi connectivity index (χ4n) is 4.06. The van der Waals surface area contributed by atoms with Crippen LogP contribution in [0.5, 0.6) is 0 Å². The molecule has 2 aromatic heterocycles. The number of nitrogens with one attached hydrogen (secondary N) is 2. The van der Waals surface area contributed by atoms with E-state index in [0.717, 1.165) is 29.8 Å². The Morgan fingerprint density at radius 2 is 1.16 bits per heavy atom. The fraction of sp³-hybridized carbons (Fsp3) is 0.167. The Bertz CT molecular complexity index is 1650. The number of imidazole rings is 2. The summed E-state index contributed by atoms with van der Waals surface area (Å²) >= 11 is 0. The number of rotatable bonds is 7. The maximum Gasteiger partial charge on any atom is 0.416 e. The molecule has 0 aliphatic carbocycles. The molecular weight excluding hydrogens is 670 g/mol. The normalized spacial score (nSPS) is 11.3. The molecule has 45 heavy (non-hydrogen) atoms. The molecule has 0 saturated heterocycles. The Morgan fingerprint density at radius 1 is 0.711 bits per heavy atom. The van der Waals surface area contributed by atoms with E-state index in [1.165, 1.54) is 35.4 Å². The van der Waals surface area contributed by atoms with Crippen molar-refractivity contribution in [3.8, 4) is 22.5 Å². The summed E-state index contributed by atoms with van der Waals surface area (Å²) in [7, 11) is 0. The Balaban J connectivity index is 0.000000265. The number of aromatic amines is 2. The SMILES string of the molecule is Br.NCc1ncc(-c2ccc(C(F)(F)F)cc2)[nH]1.O=C(O)N(Cc1ccccc1)Cc1ncc(-c2ccc(C(F)(F)F)cc2)[nH]1. The summed E-state index contributed by atoms with van der Waals surface area (Å²) in [6.07, 6.45) is -6.77. The molecule has 3 aromatic carbocycles. The van der Waals surface area contributed by atoms with Gasteiger partial charge in [-0.3, -0.25) is 4.90 Å². The Kier molecular flexibility index (Phi) is 11.5. The second kappa shape index (κ2) is 14.9. The molecule has 0 bridgehead atoms. The average molecular weight is 697 g/mol. The third-order valence-electron chi connectivity index (χ3n) is 6.32. The Labute approximate surface area is 263 Å². The number of nitrogens with two attached hydrogens (primary N) is 1. The minimum Gasteiger partial charge on any atom is -0.465 e. The van der Waals surface area contributed by atoms with Crippen LogP contribution in [0.25, 0.3) is 22.5 Å². The zero-order valence-corrected chi connectivity index (χ0v) is 24.9. The number of aromatic nitrogens is 4. The van der Waals surface area contributed by atoms with Crippen LogP contribution in [-0.4, -0.2) is 36.0 Å². The molecule has 0 atom stereocenters. The number of hydrogen-bond donors (Lipinski definition) is 4. The van der Waals surface area contributed by atoms with Crippen LogP contribution in [0, 0.1) is 0 Å². The van der Waals surface area contributed by atoms with Gasteiger partial charge in [0.2, 0.25) is 0 Å². The average Bonchev–Trinajstić information content (AvgIpc) is 3.67. The molecule has 5 aromatic rings. The number of halogens is 7. The van der Waals surface area contributed by atoms with Gasteiger partial charge < -0.3 is 20.8 Å². The molecule has 0 unspecified atom stereocenters. The largest absolute Gasteiger partial charge is 0.465 e. The van der Waals surface area contributed by atoms with Gasteiger partial charge in [0.05, 0.1) is 48.0 Å². The molecule has 5 rings (SSSR count). The number of benzene rings is 3. The van der Waals surface area contributed by atoms with Gasteiger partial charge in [-0.2, -0.15) is 26.3 Å². The lowest BCUT2D eigenvalue weighted by atomic mass is 10.1. The second-order valence-electron chi connectivity index (χ2n) is 9.47. The molecule has 0 aliphatic rings. The van der Waals surface area contributed by atoms with Crippen molar-refractivity contribution in [3.63, 3.8) is 0 Å². The van der Waals surface area contributed by atoms with Gasteiger partial charge in [-0.1, -0.05) is 54.6 Å². The number of alkyl halides is 6. The molecule has 0 spiro atoms. The summed E-state index contributed by atoms with van der Waals surface area (Å²) in [6.45, 7) is 0.498. The van der Waals surface area contributed by atoms with Gasteiger partial charge in [0, 0.05) is 6.54 Å². The summed E-state index contributed by atoms with van der Waals surface area (Å²) in [5.41, 5.74) is 7.17. The molecule has 5 N–H and O–H groups in total. The standard InChI is InChI=1S/C19H16F3N3O2.C11H10F3N3.BrH/c20-19(21,22)15-8-6-14(7-9-15)16-10-23-17(24-16)12-25(18(26)27)11-13-4-2-1-3-5-13;12-11(13,14)8-3-1-7(2-4-8)9-6-16-10(5-15)17-9;/h1-10H,11-12H2,(H,23,24)(H,26,27);1-4,6H,5,15H2,(H,16,17);1H. The summed E-state index contributed by atoms with van der Waals surface area (Å²) in [4.78, 5) is 26.7. The molecular formula is C30H27BrF6N6O2. The molecule has 238 valence electrons. The van der Waals surface area contributed by atoms with Crippen LogP contribution < -0.4 is 5.73 Å². The van der Waals surface area contributed by atoms with Crippen molar-refractivity contribution < 1.29 is 36.2 Å². The highest BCUT2D eigenvalue weighted by Crippen LogP contribution is 2.31. The number of carbonyl (C=O) groups is 1. The third-order valence-corrected chi connectivity index (χ3v) is 6.32. The van der Waals surface area contributed by atoms with Crippen molar-refractivity contribution in [1.82, 2.24) is 24.8 Å². The molecule has 0 radical (unpaired) electrons. The van der Waals surface area contributed by atoms with E-state index in [-0.39, 0.29) is 36.6 Å². The van der Waals surface area contributed by atoms with E-state index in [1.54, 1.807) is 6.20 Å². The van der Waals surface area contributed by atoms with Gasteiger partial charge in [-0.05, 0) is 41.0 Å². The van der Waals surface area contributed by atoms with Crippen LogP contribution in [0.15, 0.2) is 91.3 Å². The fourth-order valence-corrected chi connectivity index (χ4v) is 4.06. The van der Waals surface area contributed by atoms with Crippen LogP contribution >= 0.6 is 17.0 Å². The summed E-state index contributed by atoms with van der Waals surface area (Å²) in [5, 5.41) is 9.40. The highest BCUT2D eigenvalue weighted by Gasteiger charge is 2.30. The Hall–Kier alpha value is -4.63. The van der Waals surface area contributed by atoms with Gasteiger partial charge in [-0.15, -0.1) is 17.0 Å². The lowest BCUT2D eigenvalue weighted by Crippen LogP contribution is -2.28. The molecule has 15 heteroatoms. The molecule has 0 saturated carbocycles. The molecule has 1 amide bonds. The first-order chi connectivity index (χ1) is 20.8. The van der Waals surface area contributed by atoms with Crippen LogP contribution in [0.4, 0.5) is 31.1 Å².